The van der Waals surface area contributed by atoms with Crippen LogP contribution >= 0.6 is 0 Å². The molecule has 168 valence electrons. The number of hydrogen-bond donors (Lipinski definition) is 1. The molecule has 2 heterocycles. The van der Waals surface area contributed by atoms with Gasteiger partial charge < -0.3 is 19.2 Å². The molecule has 2 aromatic carbocycles. The number of Topliss-reactive ketones (excluding diaryl/α,β-unsaturated/α-hetero) is 1. The van der Waals surface area contributed by atoms with Gasteiger partial charge in [-0.05, 0) is 53.9 Å². The number of ether oxygens (including phenoxy) is 1. The second kappa shape index (κ2) is 9.61. The van der Waals surface area contributed by atoms with Crippen molar-refractivity contribution in [3.05, 3.63) is 108 Å². The maximum Gasteiger partial charge on any atom is 0.296 e. The van der Waals surface area contributed by atoms with E-state index in [4.69, 9.17) is 9.15 Å². The summed E-state index contributed by atoms with van der Waals surface area (Å²) in [5.41, 5.74) is 2.35. The van der Waals surface area contributed by atoms with Crippen LogP contribution < -0.4 is 4.74 Å². The lowest BCUT2D eigenvalue weighted by Gasteiger charge is -2.24. The smallest absolute Gasteiger partial charge is 0.296 e. The van der Waals surface area contributed by atoms with Crippen molar-refractivity contribution in [1.82, 2.24) is 4.90 Å². The molecule has 0 bridgehead atoms. The fourth-order valence-electron chi connectivity index (χ4n) is 3.92. The lowest BCUT2D eigenvalue weighted by Crippen LogP contribution is -2.29. The summed E-state index contributed by atoms with van der Waals surface area (Å²) >= 11 is 0. The number of aryl methyl sites for hydroxylation is 1. The zero-order valence-corrected chi connectivity index (χ0v) is 18.4. The SMILES string of the molecule is C=CCOc1ccc(C(O)=C2C(=O)C(=O)N(Cc3ccco3)[C@@H]2c2ccc(CC)cc2)cc1. The van der Waals surface area contributed by atoms with Crippen LogP contribution in [0, 0.1) is 0 Å². The number of carbonyl (C=O) groups is 2. The third-order valence-electron chi connectivity index (χ3n) is 5.65. The van der Waals surface area contributed by atoms with Gasteiger partial charge in [0.1, 0.15) is 23.9 Å². The Hall–Kier alpha value is -4.06. The van der Waals surface area contributed by atoms with Gasteiger partial charge in [0.2, 0.25) is 0 Å². The molecule has 1 aliphatic rings. The average molecular weight is 443 g/mol. The third-order valence-corrected chi connectivity index (χ3v) is 5.65. The zero-order valence-electron chi connectivity index (χ0n) is 18.4. The first kappa shape index (κ1) is 22.1. The highest BCUT2D eigenvalue weighted by atomic mass is 16.5. The standard InChI is InChI=1S/C27H25NO5/c1-3-15-32-21-13-11-20(12-14-21)25(29)23-24(19-9-7-18(4-2)8-10-19)28(27(31)26(23)30)17-22-6-5-16-33-22/h3,5-14,16,24,29H,1,4,15,17H2,2H3/t24-/m1/s1. The van der Waals surface area contributed by atoms with E-state index in [9.17, 15) is 14.7 Å². The first-order valence-corrected chi connectivity index (χ1v) is 10.8. The van der Waals surface area contributed by atoms with Gasteiger partial charge in [0.25, 0.3) is 11.7 Å². The summed E-state index contributed by atoms with van der Waals surface area (Å²) in [5, 5.41) is 11.2. The van der Waals surface area contributed by atoms with Gasteiger partial charge in [-0.3, -0.25) is 9.59 Å². The Labute approximate surface area is 192 Å². The number of amides is 1. The molecule has 6 heteroatoms. The molecular formula is C27H25NO5. The lowest BCUT2D eigenvalue weighted by molar-refractivity contribution is -0.140. The van der Waals surface area contributed by atoms with Crippen molar-refractivity contribution in [2.45, 2.75) is 25.9 Å². The molecule has 1 aromatic heterocycles. The monoisotopic (exact) mass is 443 g/mol. The van der Waals surface area contributed by atoms with Gasteiger partial charge in [0, 0.05) is 5.56 Å². The predicted molar refractivity (Wildman–Crippen MR) is 125 cm³/mol. The van der Waals surface area contributed by atoms with Gasteiger partial charge in [0.05, 0.1) is 24.4 Å². The molecule has 1 aliphatic heterocycles. The molecule has 4 rings (SSSR count). The highest BCUT2D eigenvalue weighted by Gasteiger charge is 2.46. The fourth-order valence-corrected chi connectivity index (χ4v) is 3.92. The first-order valence-electron chi connectivity index (χ1n) is 10.8. The van der Waals surface area contributed by atoms with Crippen LogP contribution in [0.15, 0.2) is 89.6 Å². The second-order valence-electron chi connectivity index (χ2n) is 7.73. The van der Waals surface area contributed by atoms with E-state index in [0.29, 0.717) is 23.7 Å². The van der Waals surface area contributed by atoms with E-state index in [0.717, 1.165) is 17.5 Å². The summed E-state index contributed by atoms with van der Waals surface area (Å²) in [6.07, 6.45) is 4.03. The molecule has 0 spiro atoms. The Morgan fingerprint density at radius 1 is 1.12 bits per heavy atom. The molecule has 0 unspecified atom stereocenters. The van der Waals surface area contributed by atoms with Gasteiger partial charge in [-0.15, -0.1) is 0 Å². The molecule has 0 radical (unpaired) electrons. The Kier molecular flexibility index (Phi) is 6.45. The molecule has 1 amide bonds. The minimum atomic E-state index is -0.738. The topological polar surface area (TPSA) is 80.0 Å². The summed E-state index contributed by atoms with van der Waals surface area (Å²) in [6.45, 7) is 6.15. The van der Waals surface area contributed by atoms with Crippen LogP contribution in [-0.2, 0) is 22.6 Å². The number of carbonyl (C=O) groups excluding carboxylic acids is 2. The number of aliphatic hydroxyl groups is 1. The maximum atomic E-state index is 13.1. The van der Waals surface area contributed by atoms with E-state index in [2.05, 4.69) is 13.5 Å². The summed E-state index contributed by atoms with van der Waals surface area (Å²) in [4.78, 5) is 27.6. The number of benzene rings is 2. The quantitative estimate of drug-likeness (QED) is 0.229. The van der Waals surface area contributed by atoms with Crippen LogP contribution in [0.2, 0.25) is 0 Å². The number of ketones is 1. The van der Waals surface area contributed by atoms with Gasteiger partial charge in [-0.2, -0.15) is 0 Å². The van der Waals surface area contributed by atoms with Crippen molar-refractivity contribution in [3.8, 4) is 5.75 Å². The van der Waals surface area contributed by atoms with E-state index in [-0.39, 0.29) is 17.9 Å². The summed E-state index contributed by atoms with van der Waals surface area (Å²) in [6, 6.07) is 17.2. The number of nitrogens with zero attached hydrogens (tertiary/aromatic N) is 1. The normalized spacial score (nSPS) is 17.4. The van der Waals surface area contributed by atoms with Crippen LogP contribution in [0.4, 0.5) is 0 Å². The molecule has 1 fully saturated rings. The van der Waals surface area contributed by atoms with Crippen molar-refractivity contribution < 1.29 is 23.8 Å². The van der Waals surface area contributed by atoms with Crippen LogP contribution in [0.25, 0.3) is 5.76 Å². The van der Waals surface area contributed by atoms with Gasteiger partial charge in [-0.25, -0.2) is 0 Å². The maximum absolute atomic E-state index is 13.1. The van der Waals surface area contributed by atoms with Crippen LogP contribution in [0.3, 0.4) is 0 Å². The zero-order chi connectivity index (χ0) is 23.4. The van der Waals surface area contributed by atoms with Crippen molar-refractivity contribution in [2.75, 3.05) is 6.61 Å². The van der Waals surface area contributed by atoms with Gasteiger partial charge in [-0.1, -0.05) is 43.8 Å². The van der Waals surface area contributed by atoms with Crippen molar-refractivity contribution >= 4 is 17.4 Å². The van der Waals surface area contributed by atoms with Crippen LogP contribution in [0.1, 0.15) is 35.4 Å². The summed E-state index contributed by atoms with van der Waals surface area (Å²) in [7, 11) is 0. The highest BCUT2D eigenvalue weighted by Crippen LogP contribution is 2.40. The van der Waals surface area contributed by atoms with E-state index in [1.165, 1.54) is 11.2 Å². The molecule has 1 saturated heterocycles. The molecule has 1 N–H and O–H groups in total. The number of rotatable bonds is 8. The van der Waals surface area contributed by atoms with Crippen molar-refractivity contribution in [1.29, 1.82) is 0 Å². The average Bonchev–Trinajstić information content (AvgIpc) is 3.45. The Bertz CT molecular complexity index is 1170. The Morgan fingerprint density at radius 2 is 1.85 bits per heavy atom. The third kappa shape index (κ3) is 4.46. The summed E-state index contributed by atoms with van der Waals surface area (Å²) < 4.78 is 10.9. The van der Waals surface area contributed by atoms with E-state index < -0.39 is 17.7 Å². The van der Waals surface area contributed by atoms with Gasteiger partial charge >= 0.3 is 0 Å². The Morgan fingerprint density at radius 3 is 2.45 bits per heavy atom. The van der Waals surface area contributed by atoms with Crippen LogP contribution in [-0.4, -0.2) is 28.3 Å². The lowest BCUT2D eigenvalue weighted by atomic mass is 9.94. The van der Waals surface area contributed by atoms with E-state index >= 15 is 0 Å². The first-order chi connectivity index (χ1) is 16.0. The second-order valence-corrected chi connectivity index (χ2v) is 7.73. The molecule has 6 nitrogen and oxygen atoms in total. The van der Waals surface area contributed by atoms with Gasteiger partial charge in [0.15, 0.2) is 0 Å². The number of furan rings is 1. The van der Waals surface area contributed by atoms with Crippen LogP contribution in [0.5, 0.6) is 5.75 Å². The highest BCUT2D eigenvalue weighted by molar-refractivity contribution is 6.46. The number of likely N-dealkylation sites (tertiary alicyclic amines) is 1. The molecule has 0 saturated carbocycles. The van der Waals surface area contributed by atoms with E-state index in [1.54, 1.807) is 42.5 Å². The van der Waals surface area contributed by atoms with E-state index in [1.807, 2.05) is 24.3 Å². The minimum Gasteiger partial charge on any atom is -0.507 e. The molecular weight excluding hydrogens is 418 g/mol. The Balaban J connectivity index is 1.78. The van der Waals surface area contributed by atoms with Crippen molar-refractivity contribution in [3.63, 3.8) is 0 Å². The summed E-state index contributed by atoms with van der Waals surface area (Å²) in [5.74, 6) is -0.471. The molecule has 33 heavy (non-hydrogen) atoms. The minimum absolute atomic E-state index is 0.0514. The largest absolute Gasteiger partial charge is 0.507 e. The molecule has 1 atom stereocenters. The predicted octanol–water partition coefficient (Wildman–Crippen LogP) is 5.03. The fraction of sp³-hybridized carbons (Fsp3) is 0.185. The molecule has 0 aliphatic carbocycles. The number of aliphatic hydroxyl groups excluding tert-OH is 1. The number of hydrogen-bond acceptors (Lipinski definition) is 5. The van der Waals surface area contributed by atoms with Crippen molar-refractivity contribution in [2.24, 2.45) is 0 Å². The molecule has 3 aromatic rings.